The number of halogens is 2. The van der Waals surface area contributed by atoms with E-state index in [1.54, 1.807) is 0 Å². The molecule has 0 atom stereocenters. The molecule has 0 aromatic rings. The lowest BCUT2D eigenvalue weighted by atomic mass is 9.91. The highest BCUT2D eigenvalue weighted by molar-refractivity contribution is 14.1. The van der Waals surface area contributed by atoms with Gasteiger partial charge < -0.3 is 0 Å². The molecule has 0 radical (unpaired) electrons. The van der Waals surface area contributed by atoms with Crippen LogP contribution >= 0.6 is 45.2 Å². The van der Waals surface area contributed by atoms with Gasteiger partial charge in [-0.1, -0.05) is 57.3 Å². The van der Waals surface area contributed by atoms with E-state index in [2.05, 4.69) is 57.3 Å². The second kappa shape index (κ2) is 3.55. The van der Waals surface area contributed by atoms with E-state index in [0.717, 1.165) is 0 Å². The van der Waals surface area contributed by atoms with Gasteiger partial charge in [-0.2, -0.15) is 0 Å². The van der Waals surface area contributed by atoms with Crippen LogP contribution in [0.15, 0.2) is 12.2 Å². The van der Waals surface area contributed by atoms with Crippen molar-refractivity contribution in [3.63, 3.8) is 0 Å². The maximum Gasteiger partial charge on any atom is 0.00652 e. The van der Waals surface area contributed by atoms with Crippen LogP contribution in [-0.2, 0) is 0 Å². The normalized spacial score (nSPS) is 22.9. The topological polar surface area (TPSA) is 0 Å². The van der Waals surface area contributed by atoms with Crippen LogP contribution in [0.4, 0.5) is 0 Å². The van der Waals surface area contributed by atoms with Crippen molar-refractivity contribution in [2.75, 3.05) is 8.86 Å². The molecule has 1 aliphatic rings. The van der Waals surface area contributed by atoms with Gasteiger partial charge in [0.15, 0.2) is 0 Å². The fraction of sp³-hybridized carbons (Fsp3) is 0.714. The maximum atomic E-state index is 2.50. The number of hydrogen-bond acceptors (Lipinski definition) is 0. The first-order valence-corrected chi connectivity index (χ1v) is 6.15. The monoisotopic (exact) mass is 348 g/mol. The molecule has 0 saturated carbocycles. The van der Waals surface area contributed by atoms with E-state index in [-0.39, 0.29) is 0 Å². The summed E-state index contributed by atoms with van der Waals surface area (Å²) in [5, 5.41) is 0. The molecule has 9 heavy (non-hydrogen) atoms. The third-order valence-electron chi connectivity index (χ3n) is 1.84. The van der Waals surface area contributed by atoms with E-state index < -0.39 is 0 Å². The first-order valence-electron chi connectivity index (χ1n) is 3.10. The average Bonchev–Trinajstić information content (AvgIpc) is 2.36. The Hall–Kier alpha value is 1.20. The number of hydrogen-bond donors (Lipinski definition) is 0. The van der Waals surface area contributed by atoms with Crippen LogP contribution in [0.1, 0.15) is 12.8 Å². The Bertz CT molecular complexity index is 104. The van der Waals surface area contributed by atoms with Crippen molar-refractivity contribution in [3.05, 3.63) is 12.2 Å². The van der Waals surface area contributed by atoms with Crippen molar-refractivity contribution in [1.29, 1.82) is 0 Å². The van der Waals surface area contributed by atoms with E-state index in [0.29, 0.717) is 5.41 Å². The van der Waals surface area contributed by atoms with Gasteiger partial charge in [0.1, 0.15) is 0 Å². The molecule has 0 spiro atoms. The number of rotatable bonds is 2. The Balaban J connectivity index is 2.50. The molecule has 0 N–H and O–H groups in total. The highest BCUT2D eigenvalue weighted by Gasteiger charge is 2.27. The first-order chi connectivity index (χ1) is 4.33. The van der Waals surface area contributed by atoms with Gasteiger partial charge in [0.25, 0.3) is 0 Å². The Labute approximate surface area is 83.8 Å². The molecule has 52 valence electrons. The minimum absolute atomic E-state index is 0.640. The molecule has 0 unspecified atom stereocenters. The van der Waals surface area contributed by atoms with Crippen molar-refractivity contribution in [2.24, 2.45) is 5.41 Å². The molecule has 0 fully saturated rings. The number of allylic oxidation sites excluding steroid dienone is 2. The van der Waals surface area contributed by atoms with E-state index in [9.17, 15) is 0 Å². The van der Waals surface area contributed by atoms with E-state index in [1.807, 2.05) is 0 Å². The van der Waals surface area contributed by atoms with Crippen LogP contribution in [0.25, 0.3) is 0 Å². The van der Waals surface area contributed by atoms with Crippen LogP contribution in [0.3, 0.4) is 0 Å². The Morgan fingerprint density at radius 1 is 1.11 bits per heavy atom. The van der Waals surface area contributed by atoms with Gasteiger partial charge in [0.2, 0.25) is 0 Å². The summed E-state index contributed by atoms with van der Waals surface area (Å²) < 4.78 is 2.61. The fourth-order valence-corrected chi connectivity index (χ4v) is 3.82. The summed E-state index contributed by atoms with van der Waals surface area (Å²) in [6, 6.07) is 0. The molecule has 1 aliphatic carbocycles. The highest BCUT2D eigenvalue weighted by atomic mass is 127. The average molecular weight is 348 g/mol. The van der Waals surface area contributed by atoms with Crippen molar-refractivity contribution >= 4 is 45.2 Å². The van der Waals surface area contributed by atoms with Crippen molar-refractivity contribution in [2.45, 2.75) is 12.8 Å². The molecule has 0 saturated heterocycles. The van der Waals surface area contributed by atoms with Gasteiger partial charge in [0, 0.05) is 8.86 Å². The fourth-order valence-electron chi connectivity index (χ4n) is 1.00. The summed E-state index contributed by atoms with van der Waals surface area (Å²) in [5.74, 6) is 0. The Morgan fingerprint density at radius 3 is 1.78 bits per heavy atom. The van der Waals surface area contributed by atoms with Crippen LogP contribution in [0.2, 0.25) is 0 Å². The zero-order valence-electron chi connectivity index (χ0n) is 5.24. The Kier molecular flexibility index (Phi) is 3.27. The first kappa shape index (κ1) is 8.30. The molecule has 0 amide bonds. The molecule has 0 nitrogen and oxygen atoms in total. The third kappa shape index (κ3) is 1.82. The highest BCUT2D eigenvalue weighted by Crippen LogP contribution is 2.36. The third-order valence-corrected chi connectivity index (χ3v) is 5.07. The summed E-state index contributed by atoms with van der Waals surface area (Å²) in [5.41, 5.74) is 0.640. The zero-order valence-corrected chi connectivity index (χ0v) is 9.55. The van der Waals surface area contributed by atoms with E-state index >= 15 is 0 Å². The minimum Gasteiger partial charge on any atom is -0.0879 e. The van der Waals surface area contributed by atoms with Gasteiger partial charge in [-0.15, -0.1) is 0 Å². The summed E-state index contributed by atoms with van der Waals surface area (Å²) in [6.45, 7) is 0. The zero-order chi connectivity index (χ0) is 6.74. The summed E-state index contributed by atoms with van der Waals surface area (Å²) in [4.78, 5) is 0. The molecule has 0 aromatic carbocycles. The van der Waals surface area contributed by atoms with E-state index in [1.165, 1.54) is 21.7 Å². The van der Waals surface area contributed by atoms with Gasteiger partial charge >= 0.3 is 0 Å². The predicted octanol–water partition coefficient (Wildman–Crippen LogP) is 3.19. The standard InChI is InChI=1S/C7H10I2/c8-5-7(6-9)3-1-2-4-7/h1-2H,3-6H2. The molecule has 0 aromatic heterocycles. The van der Waals surface area contributed by atoms with E-state index in [4.69, 9.17) is 0 Å². The molecule has 0 bridgehead atoms. The predicted molar refractivity (Wildman–Crippen MR) is 58.6 cm³/mol. The second-order valence-electron chi connectivity index (χ2n) is 2.65. The van der Waals surface area contributed by atoms with Crippen LogP contribution < -0.4 is 0 Å². The lowest BCUT2D eigenvalue weighted by Gasteiger charge is -2.22. The van der Waals surface area contributed by atoms with Gasteiger partial charge in [-0.05, 0) is 18.3 Å². The Morgan fingerprint density at radius 2 is 1.56 bits per heavy atom. The van der Waals surface area contributed by atoms with Crippen molar-refractivity contribution in [3.8, 4) is 0 Å². The van der Waals surface area contributed by atoms with Crippen molar-refractivity contribution < 1.29 is 0 Å². The molecule has 1 rings (SSSR count). The van der Waals surface area contributed by atoms with Crippen LogP contribution in [0.5, 0.6) is 0 Å². The van der Waals surface area contributed by atoms with Crippen LogP contribution in [-0.4, -0.2) is 8.86 Å². The second-order valence-corrected chi connectivity index (χ2v) is 4.17. The van der Waals surface area contributed by atoms with Gasteiger partial charge in [0.05, 0.1) is 0 Å². The molecular weight excluding hydrogens is 338 g/mol. The van der Waals surface area contributed by atoms with Crippen LogP contribution in [0, 0.1) is 5.41 Å². The number of alkyl halides is 2. The quantitative estimate of drug-likeness (QED) is 0.409. The lowest BCUT2D eigenvalue weighted by molar-refractivity contribution is 0.435. The molecule has 2 heteroatoms. The summed E-state index contributed by atoms with van der Waals surface area (Å²) >= 11 is 5.00. The van der Waals surface area contributed by atoms with Crippen molar-refractivity contribution in [1.82, 2.24) is 0 Å². The molecule has 0 aliphatic heterocycles. The summed E-state index contributed by atoms with van der Waals surface area (Å²) in [6.07, 6.45) is 7.24. The lowest BCUT2D eigenvalue weighted by Crippen LogP contribution is -2.19. The molecular formula is C7H10I2. The van der Waals surface area contributed by atoms with Gasteiger partial charge in [-0.25, -0.2) is 0 Å². The largest absolute Gasteiger partial charge is 0.0879 e. The summed E-state index contributed by atoms with van der Waals surface area (Å²) in [7, 11) is 0. The maximum absolute atomic E-state index is 2.50. The minimum atomic E-state index is 0.640. The smallest absolute Gasteiger partial charge is 0.00652 e. The molecule has 0 heterocycles. The van der Waals surface area contributed by atoms with Gasteiger partial charge in [-0.3, -0.25) is 0 Å². The SMILES string of the molecule is ICC1(CI)CC=CC1.